The highest BCUT2D eigenvalue weighted by Gasteiger charge is 2.09. The van der Waals surface area contributed by atoms with Crippen molar-refractivity contribution in [2.45, 2.75) is 13.8 Å². The lowest BCUT2D eigenvalue weighted by Gasteiger charge is -2.10. The summed E-state index contributed by atoms with van der Waals surface area (Å²) in [6.07, 6.45) is 2.94. The van der Waals surface area contributed by atoms with Crippen molar-refractivity contribution in [1.29, 1.82) is 5.26 Å². The Morgan fingerprint density at radius 2 is 1.81 bits per heavy atom. The van der Waals surface area contributed by atoms with E-state index in [4.69, 9.17) is 5.26 Å². The van der Waals surface area contributed by atoms with Gasteiger partial charge in [-0.15, -0.1) is 0 Å². The molecule has 128 valence electrons. The molecule has 6 nitrogen and oxygen atoms in total. The first-order valence-electron chi connectivity index (χ1n) is 8.03. The predicted molar refractivity (Wildman–Crippen MR) is 100 cm³/mol. The topological polar surface area (TPSA) is 90.7 Å². The van der Waals surface area contributed by atoms with Crippen LogP contribution in [0, 0.1) is 25.2 Å². The Balaban J connectivity index is 1.68. The molecule has 0 fully saturated rings. The fourth-order valence-electron chi connectivity index (χ4n) is 2.42. The number of aromatic nitrogens is 2. The molecule has 1 aromatic heterocycles. The molecule has 0 saturated heterocycles. The van der Waals surface area contributed by atoms with E-state index in [1.165, 1.54) is 18.0 Å². The quantitative estimate of drug-likeness (QED) is 0.748. The molecule has 0 saturated carbocycles. The van der Waals surface area contributed by atoms with Gasteiger partial charge in [-0.05, 0) is 49.7 Å². The third kappa shape index (κ3) is 4.02. The van der Waals surface area contributed by atoms with Crippen LogP contribution in [0.2, 0.25) is 0 Å². The van der Waals surface area contributed by atoms with E-state index in [2.05, 4.69) is 26.7 Å². The molecule has 3 rings (SSSR count). The average molecular weight is 343 g/mol. The molecule has 0 aliphatic heterocycles. The molecule has 0 atom stereocenters. The van der Waals surface area contributed by atoms with E-state index >= 15 is 0 Å². The van der Waals surface area contributed by atoms with E-state index in [-0.39, 0.29) is 11.6 Å². The van der Waals surface area contributed by atoms with Gasteiger partial charge in [0, 0.05) is 11.4 Å². The molecule has 0 unspecified atom stereocenters. The van der Waals surface area contributed by atoms with Crippen LogP contribution in [0.1, 0.15) is 27.2 Å². The molecule has 1 heterocycles. The summed E-state index contributed by atoms with van der Waals surface area (Å²) in [6.45, 7) is 4.06. The molecule has 0 radical (unpaired) electrons. The van der Waals surface area contributed by atoms with Crippen LogP contribution < -0.4 is 10.6 Å². The fraction of sp³-hybridized carbons (Fsp3) is 0.100. The zero-order chi connectivity index (χ0) is 18.5. The van der Waals surface area contributed by atoms with Crippen LogP contribution in [0.4, 0.5) is 17.2 Å². The second-order valence-corrected chi connectivity index (χ2v) is 5.87. The number of nitrogens with one attached hydrogen (secondary N) is 2. The van der Waals surface area contributed by atoms with E-state index in [0.717, 1.165) is 11.3 Å². The molecule has 0 aliphatic rings. The Bertz CT molecular complexity index is 973. The Morgan fingerprint density at radius 3 is 2.42 bits per heavy atom. The van der Waals surface area contributed by atoms with Crippen LogP contribution in [0.15, 0.2) is 54.9 Å². The zero-order valence-electron chi connectivity index (χ0n) is 14.4. The normalized spacial score (nSPS) is 10.0. The largest absolute Gasteiger partial charge is 0.339 e. The van der Waals surface area contributed by atoms with Gasteiger partial charge >= 0.3 is 0 Å². The van der Waals surface area contributed by atoms with Crippen LogP contribution in [0.3, 0.4) is 0 Å². The van der Waals surface area contributed by atoms with Crippen LogP contribution in [0.25, 0.3) is 0 Å². The fourth-order valence-corrected chi connectivity index (χ4v) is 2.42. The summed E-state index contributed by atoms with van der Waals surface area (Å²) >= 11 is 0. The third-order valence-electron chi connectivity index (χ3n) is 3.80. The minimum atomic E-state index is -0.361. The number of carbonyl (C=O) groups excluding carboxylic acids is 1. The van der Waals surface area contributed by atoms with Gasteiger partial charge in [-0.25, -0.2) is 9.97 Å². The lowest BCUT2D eigenvalue weighted by Crippen LogP contribution is -2.14. The van der Waals surface area contributed by atoms with Gasteiger partial charge < -0.3 is 10.6 Å². The van der Waals surface area contributed by atoms with Crippen LogP contribution in [-0.2, 0) is 0 Å². The second-order valence-electron chi connectivity index (χ2n) is 5.87. The van der Waals surface area contributed by atoms with Crippen molar-refractivity contribution in [3.05, 3.63) is 77.2 Å². The van der Waals surface area contributed by atoms with E-state index in [1.54, 1.807) is 24.3 Å². The number of benzene rings is 2. The highest BCUT2D eigenvalue weighted by Crippen LogP contribution is 2.20. The maximum Gasteiger partial charge on any atom is 0.275 e. The van der Waals surface area contributed by atoms with Crippen molar-refractivity contribution in [3.8, 4) is 6.07 Å². The summed E-state index contributed by atoms with van der Waals surface area (Å²) in [5.41, 5.74) is 4.57. The van der Waals surface area contributed by atoms with E-state index in [1.807, 2.05) is 32.0 Å². The number of amides is 1. The second kappa shape index (κ2) is 7.45. The molecule has 3 aromatic rings. The van der Waals surface area contributed by atoms with E-state index < -0.39 is 0 Å². The lowest BCUT2D eigenvalue weighted by molar-refractivity contribution is 0.102. The lowest BCUT2D eigenvalue weighted by atomic mass is 10.1. The maximum absolute atomic E-state index is 12.2. The minimum Gasteiger partial charge on any atom is -0.339 e. The smallest absolute Gasteiger partial charge is 0.275 e. The molecule has 1 amide bonds. The number of nitrogens with zero attached hydrogens (tertiary/aromatic N) is 3. The highest BCUT2D eigenvalue weighted by molar-refractivity contribution is 6.02. The summed E-state index contributed by atoms with van der Waals surface area (Å²) in [5.74, 6) is 0.201. The Hall–Kier alpha value is -3.72. The average Bonchev–Trinajstić information content (AvgIpc) is 2.65. The molecule has 6 heteroatoms. The molecule has 0 spiro atoms. The first-order valence-corrected chi connectivity index (χ1v) is 8.03. The Labute approximate surface area is 151 Å². The first-order chi connectivity index (χ1) is 12.5. The Kier molecular flexibility index (Phi) is 4.90. The molecule has 26 heavy (non-hydrogen) atoms. The molecule has 2 N–H and O–H groups in total. The molecule has 0 aliphatic carbocycles. The van der Waals surface area contributed by atoms with Gasteiger partial charge in [0.25, 0.3) is 5.91 Å². The number of aryl methyl sites for hydroxylation is 2. The maximum atomic E-state index is 12.2. The first kappa shape index (κ1) is 17.1. The molecule has 2 aromatic carbocycles. The van der Waals surface area contributed by atoms with Gasteiger partial charge in [-0.2, -0.15) is 5.26 Å². The number of carbonyl (C=O) groups is 1. The monoisotopic (exact) mass is 343 g/mol. The van der Waals surface area contributed by atoms with Gasteiger partial charge in [-0.3, -0.25) is 4.79 Å². The highest BCUT2D eigenvalue weighted by atomic mass is 16.1. The van der Waals surface area contributed by atoms with E-state index in [9.17, 15) is 4.79 Å². The molecule has 0 bridgehead atoms. The number of hydrogen-bond donors (Lipinski definition) is 2. The summed E-state index contributed by atoms with van der Waals surface area (Å²) in [6, 6.07) is 14.7. The number of nitriles is 1. The van der Waals surface area contributed by atoms with Crippen molar-refractivity contribution >= 4 is 23.1 Å². The number of rotatable bonds is 4. The summed E-state index contributed by atoms with van der Waals surface area (Å²) < 4.78 is 0. The summed E-state index contributed by atoms with van der Waals surface area (Å²) in [4.78, 5) is 20.6. The van der Waals surface area contributed by atoms with Crippen molar-refractivity contribution in [1.82, 2.24) is 9.97 Å². The van der Waals surface area contributed by atoms with Gasteiger partial charge in [0.2, 0.25) is 0 Å². The van der Waals surface area contributed by atoms with Crippen LogP contribution >= 0.6 is 0 Å². The van der Waals surface area contributed by atoms with Crippen molar-refractivity contribution < 1.29 is 4.79 Å². The van der Waals surface area contributed by atoms with Gasteiger partial charge in [0.1, 0.15) is 11.5 Å². The van der Waals surface area contributed by atoms with Crippen LogP contribution in [0.5, 0.6) is 0 Å². The standard InChI is InChI=1S/C20H17N5O/c1-13-3-8-17(14(2)9-13)25-19-12-22-18(11-23-19)20(26)24-16-6-4-15(10-21)5-7-16/h3-9,11-12H,1-2H3,(H,23,25)(H,24,26). The minimum absolute atomic E-state index is 0.209. The summed E-state index contributed by atoms with van der Waals surface area (Å²) in [7, 11) is 0. The predicted octanol–water partition coefficient (Wildman–Crippen LogP) is 3.96. The van der Waals surface area contributed by atoms with Gasteiger partial charge in [0.15, 0.2) is 0 Å². The molecular formula is C20H17N5O. The Morgan fingerprint density at radius 1 is 1.04 bits per heavy atom. The summed E-state index contributed by atoms with van der Waals surface area (Å²) in [5, 5.41) is 14.7. The van der Waals surface area contributed by atoms with Crippen molar-refractivity contribution in [3.63, 3.8) is 0 Å². The van der Waals surface area contributed by atoms with Gasteiger partial charge in [0.05, 0.1) is 24.0 Å². The zero-order valence-corrected chi connectivity index (χ0v) is 14.4. The van der Waals surface area contributed by atoms with Crippen molar-refractivity contribution in [2.75, 3.05) is 10.6 Å². The third-order valence-corrected chi connectivity index (χ3v) is 3.80. The SMILES string of the molecule is Cc1ccc(Nc2cnc(C(=O)Nc3ccc(C#N)cc3)cn2)c(C)c1. The number of hydrogen-bond acceptors (Lipinski definition) is 5. The number of anilines is 3. The van der Waals surface area contributed by atoms with Crippen LogP contribution in [-0.4, -0.2) is 15.9 Å². The van der Waals surface area contributed by atoms with Gasteiger partial charge in [-0.1, -0.05) is 17.7 Å². The van der Waals surface area contributed by atoms with Crippen molar-refractivity contribution in [2.24, 2.45) is 0 Å². The van der Waals surface area contributed by atoms with E-state index in [0.29, 0.717) is 17.1 Å². The molecular weight excluding hydrogens is 326 g/mol.